The van der Waals surface area contributed by atoms with Crippen LogP contribution in [-0.4, -0.2) is 48.8 Å². The predicted molar refractivity (Wildman–Crippen MR) is 59.4 cm³/mol. The predicted octanol–water partition coefficient (Wildman–Crippen LogP) is 0.689. The van der Waals surface area contributed by atoms with Gasteiger partial charge in [0.1, 0.15) is 0 Å². The first kappa shape index (κ1) is 12.0. The van der Waals surface area contributed by atoms with Crippen molar-refractivity contribution in [2.45, 2.75) is 33.3 Å². The number of nitrogens with zero attached hydrogens (tertiary/aromatic N) is 1. The lowest BCUT2D eigenvalue weighted by Crippen LogP contribution is -2.39. The minimum Gasteiger partial charge on any atom is -0.392 e. The molecular weight excluding hydrogens is 176 g/mol. The van der Waals surface area contributed by atoms with Crippen molar-refractivity contribution in [2.24, 2.45) is 5.41 Å². The van der Waals surface area contributed by atoms with E-state index in [2.05, 4.69) is 31.0 Å². The summed E-state index contributed by atoms with van der Waals surface area (Å²) in [5.74, 6) is 0. The smallest absolute Gasteiger partial charge is 0.0679 e. The Morgan fingerprint density at radius 3 is 2.71 bits per heavy atom. The van der Waals surface area contributed by atoms with Gasteiger partial charge in [0.05, 0.1) is 6.10 Å². The Labute approximate surface area is 87.5 Å². The number of rotatable bonds is 5. The molecule has 1 fully saturated rings. The van der Waals surface area contributed by atoms with Crippen LogP contribution < -0.4 is 5.32 Å². The van der Waals surface area contributed by atoms with Crippen LogP contribution in [0.5, 0.6) is 0 Å². The zero-order valence-corrected chi connectivity index (χ0v) is 9.71. The summed E-state index contributed by atoms with van der Waals surface area (Å²) >= 11 is 0. The topological polar surface area (TPSA) is 35.5 Å². The summed E-state index contributed by atoms with van der Waals surface area (Å²) in [5.41, 5.74) is 0.306. The van der Waals surface area contributed by atoms with E-state index >= 15 is 0 Å². The van der Waals surface area contributed by atoms with E-state index in [4.69, 9.17) is 0 Å². The van der Waals surface area contributed by atoms with Gasteiger partial charge < -0.3 is 15.3 Å². The lowest BCUT2D eigenvalue weighted by molar-refractivity contribution is 0.153. The molecule has 1 aliphatic rings. The standard InChI is InChI=1S/C11H24N2O/c1-4-12-8-11(2,3)9-13-6-5-10(14)7-13/h10,12,14H,4-9H2,1-3H3. The SMILES string of the molecule is CCNCC(C)(C)CN1CCC(O)C1. The molecule has 0 aromatic rings. The molecule has 0 aromatic carbocycles. The molecule has 1 unspecified atom stereocenters. The molecule has 0 bridgehead atoms. The second-order valence-corrected chi connectivity index (χ2v) is 5.12. The Bertz CT molecular complexity index is 171. The molecule has 0 aliphatic carbocycles. The summed E-state index contributed by atoms with van der Waals surface area (Å²) in [5, 5.41) is 12.8. The normalized spacial score (nSPS) is 24.4. The van der Waals surface area contributed by atoms with Gasteiger partial charge in [-0.2, -0.15) is 0 Å². The zero-order chi connectivity index (χ0) is 10.6. The summed E-state index contributed by atoms with van der Waals surface area (Å²) in [4.78, 5) is 2.36. The molecule has 0 radical (unpaired) electrons. The van der Waals surface area contributed by atoms with Crippen LogP contribution in [0, 0.1) is 5.41 Å². The Morgan fingerprint density at radius 2 is 2.21 bits per heavy atom. The molecule has 3 nitrogen and oxygen atoms in total. The van der Waals surface area contributed by atoms with E-state index in [1.54, 1.807) is 0 Å². The van der Waals surface area contributed by atoms with E-state index in [0.717, 1.165) is 39.1 Å². The average molecular weight is 200 g/mol. The summed E-state index contributed by atoms with van der Waals surface area (Å²) in [7, 11) is 0. The molecule has 2 N–H and O–H groups in total. The van der Waals surface area contributed by atoms with Gasteiger partial charge in [0.25, 0.3) is 0 Å². The third-order valence-electron chi connectivity index (χ3n) is 2.75. The molecule has 1 heterocycles. The number of hydrogen-bond donors (Lipinski definition) is 2. The Balaban J connectivity index is 2.27. The van der Waals surface area contributed by atoms with E-state index in [9.17, 15) is 5.11 Å². The lowest BCUT2D eigenvalue weighted by atomic mass is 9.93. The molecule has 0 amide bonds. The summed E-state index contributed by atoms with van der Waals surface area (Å²) < 4.78 is 0. The van der Waals surface area contributed by atoms with E-state index in [1.165, 1.54) is 0 Å². The highest BCUT2D eigenvalue weighted by Gasteiger charge is 2.26. The number of β-amino-alcohol motifs (C(OH)–C–C–N with tert-alkyl or cyclic N) is 1. The van der Waals surface area contributed by atoms with E-state index in [0.29, 0.717) is 5.41 Å². The first-order chi connectivity index (χ1) is 6.53. The van der Waals surface area contributed by atoms with Crippen LogP contribution in [0.1, 0.15) is 27.2 Å². The maximum Gasteiger partial charge on any atom is 0.0679 e. The fraction of sp³-hybridized carbons (Fsp3) is 1.00. The Kier molecular flexibility index (Phi) is 4.35. The van der Waals surface area contributed by atoms with Crippen molar-refractivity contribution >= 4 is 0 Å². The second kappa shape index (κ2) is 5.10. The van der Waals surface area contributed by atoms with Gasteiger partial charge in [-0.25, -0.2) is 0 Å². The van der Waals surface area contributed by atoms with Crippen LogP contribution in [0.4, 0.5) is 0 Å². The van der Waals surface area contributed by atoms with Gasteiger partial charge in [-0.3, -0.25) is 0 Å². The lowest BCUT2D eigenvalue weighted by Gasteiger charge is -2.30. The molecule has 0 spiro atoms. The quantitative estimate of drug-likeness (QED) is 0.685. The molecule has 0 aromatic heterocycles. The van der Waals surface area contributed by atoms with Gasteiger partial charge in [0.2, 0.25) is 0 Å². The third-order valence-corrected chi connectivity index (χ3v) is 2.75. The van der Waals surface area contributed by atoms with Gasteiger partial charge in [0.15, 0.2) is 0 Å². The fourth-order valence-corrected chi connectivity index (χ4v) is 2.08. The van der Waals surface area contributed by atoms with Crippen molar-refractivity contribution in [3.63, 3.8) is 0 Å². The van der Waals surface area contributed by atoms with Crippen molar-refractivity contribution in [1.29, 1.82) is 0 Å². The first-order valence-electron chi connectivity index (χ1n) is 5.64. The van der Waals surface area contributed by atoms with Gasteiger partial charge in [-0.1, -0.05) is 20.8 Å². The molecule has 0 saturated carbocycles. The fourth-order valence-electron chi connectivity index (χ4n) is 2.08. The minimum absolute atomic E-state index is 0.0927. The molecule has 1 aliphatic heterocycles. The Hall–Kier alpha value is -0.120. The van der Waals surface area contributed by atoms with Crippen molar-refractivity contribution in [2.75, 3.05) is 32.7 Å². The second-order valence-electron chi connectivity index (χ2n) is 5.12. The average Bonchev–Trinajstić information content (AvgIpc) is 2.47. The summed E-state index contributed by atoms with van der Waals surface area (Å²) in [6.45, 7) is 11.8. The van der Waals surface area contributed by atoms with E-state index in [1.807, 2.05) is 0 Å². The highest BCUT2D eigenvalue weighted by atomic mass is 16.3. The molecule has 1 rings (SSSR count). The van der Waals surface area contributed by atoms with Crippen molar-refractivity contribution in [3.05, 3.63) is 0 Å². The largest absolute Gasteiger partial charge is 0.392 e. The van der Waals surface area contributed by atoms with Crippen LogP contribution in [0.25, 0.3) is 0 Å². The maximum atomic E-state index is 9.42. The highest BCUT2D eigenvalue weighted by Crippen LogP contribution is 2.19. The van der Waals surface area contributed by atoms with E-state index < -0.39 is 0 Å². The van der Waals surface area contributed by atoms with Crippen LogP contribution in [0.2, 0.25) is 0 Å². The van der Waals surface area contributed by atoms with Crippen LogP contribution in [0.15, 0.2) is 0 Å². The number of aliphatic hydroxyl groups excluding tert-OH is 1. The summed E-state index contributed by atoms with van der Waals surface area (Å²) in [6, 6.07) is 0. The van der Waals surface area contributed by atoms with Crippen LogP contribution in [-0.2, 0) is 0 Å². The molecule has 1 saturated heterocycles. The highest BCUT2D eigenvalue weighted by molar-refractivity contribution is 4.81. The maximum absolute atomic E-state index is 9.42. The van der Waals surface area contributed by atoms with Crippen molar-refractivity contribution in [1.82, 2.24) is 10.2 Å². The van der Waals surface area contributed by atoms with Gasteiger partial charge in [-0.15, -0.1) is 0 Å². The van der Waals surface area contributed by atoms with Crippen LogP contribution >= 0.6 is 0 Å². The molecule has 3 heteroatoms. The van der Waals surface area contributed by atoms with Crippen molar-refractivity contribution in [3.8, 4) is 0 Å². The summed E-state index contributed by atoms with van der Waals surface area (Å²) in [6.07, 6.45) is 0.849. The monoisotopic (exact) mass is 200 g/mol. The van der Waals surface area contributed by atoms with Crippen molar-refractivity contribution < 1.29 is 5.11 Å². The van der Waals surface area contributed by atoms with Gasteiger partial charge in [-0.05, 0) is 18.4 Å². The molecule has 1 atom stereocenters. The Morgan fingerprint density at radius 1 is 1.50 bits per heavy atom. The van der Waals surface area contributed by atoms with Gasteiger partial charge >= 0.3 is 0 Å². The minimum atomic E-state index is -0.0927. The molecular formula is C11H24N2O. The van der Waals surface area contributed by atoms with E-state index in [-0.39, 0.29) is 6.10 Å². The number of likely N-dealkylation sites (tertiary alicyclic amines) is 1. The number of nitrogens with one attached hydrogen (secondary N) is 1. The number of hydrogen-bond acceptors (Lipinski definition) is 3. The van der Waals surface area contributed by atoms with Crippen LogP contribution in [0.3, 0.4) is 0 Å². The first-order valence-corrected chi connectivity index (χ1v) is 5.64. The third kappa shape index (κ3) is 3.95. The van der Waals surface area contributed by atoms with Gasteiger partial charge in [0, 0.05) is 26.2 Å². The zero-order valence-electron chi connectivity index (χ0n) is 9.71. The number of aliphatic hydroxyl groups is 1. The molecule has 84 valence electrons. The molecule has 14 heavy (non-hydrogen) atoms.